The molecule has 2 N–H and O–H groups in total. The molecule has 4 aliphatic rings. The molecule has 9 rings (SSSR count). The maximum atomic E-state index is 13.4. The molecule has 2 aromatic heterocycles. The summed E-state index contributed by atoms with van der Waals surface area (Å²) in [5, 5.41) is 13.4. The van der Waals surface area contributed by atoms with Gasteiger partial charge in [-0.25, -0.2) is 4.79 Å². The molecule has 4 aliphatic heterocycles. The lowest BCUT2D eigenvalue weighted by Gasteiger charge is -2.40. The highest BCUT2D eigenvalue weighted by molar-refractivity contribution is 6.36. The smallest absolute Gasteiger partial charge is 0.329 e. The van der Waals surface area contributed by atoms with Crippen LogP contribution in [-0.4, -0.2) is 89.7 Å². The van der Waals surface area contributed by atoms with Crippen molar-refractivity contribution in [3.63, 3.8) is 0 Å². The van der Waals surface area contributed by atoms with E-state index in [0.717, 1.165) is 105 Å². The standard InChI is InChI=1S/C43H48ClN9O3/c1-48-41-35(3-2-4-36(41)53(43(48)56)37-11-12-38(54)47-42(37)55)52-23-21-49(22-24-52)27-28-13-17-50(18-14-28)32-7-5-29(6-8-32)30-15-19-51(20-16-30)34-10-9-33(44)39-31(25-45)26-46-40(34)39/h2-10,26,28,30,37,46H,11-24,27H2,1H3,(H,47,54,55). The van der Waals surface area contributed by atoms with Gasteiger partial charge in [0.05, 0.1) is 38.5 Å². The van der Waals surface area contributed by atoms with Crippen LogP contribution in [0.2, 0.25) is 5.02 Å². The van der Waals surface area contributed by atoms with Crippen molar-refractivity contribution >= 4 is 62.4 Å². The number of hydrogen-bond acceptors (Lipinski definition) is 8. The van der Waals surface area contributed by atoms with E-state index in [9.17, 15) is 19.6 Å². The first-order chi connectivity index (χ1) is 27.3. The number of fused-ring (bicyclic) bond motifs is 2. The van der Waals surface area contributed by atoms with E-state index in [-0.39, 0.29) is 18.0 Å². The van der Waals surface area contributed by atoms with Gasteiger partial charge in [0.15, 0.2) is 0 Å². The highest BCUT2D eigenvalue weighted by Crippen LogP contribution is 2.38. The number of anilines is 3. The van der Waals surface area contributed by atoms with Gasteiger partial charge in [0, 0.05) is 89.6 Å². The Kier molecular flexibility index (Phi) is 9.75. The zero-order valence-electron chi connectivity index (χ0n) is 31.8. The number of rotatable bonds is 7. The molecule has 4 saturated heterocycles. The number of aromatic amines is 1. The zero-order chi connectivity index (χ0) is 38.5. The van der Waals surface area contributed by atoms with E-state index in [1.165, 1.54) is 24.1 Å². The topological polar surface area (TPSA) is 126 Å². The molecule has 56 heavy (non-hydrogen) atoms. The molecule has 0 saturated carbocycles. The summed E-state index contributed by atoms with van der Waals surface area (Å²) in [7, 11) is 1.77. The number of carbonyl (C=O) groups is 2. The van der Waals surface area contributed by atoms with Gasteiger partial charge in [-0.05, 0) is 85.9 Å². The Morgan fingerprint density at radius 1 is 0.804 bits per heavy atom. The van der Waals surface area contributed by atoms with Gasteiger partial charge in [-0.15, -0.1) is 0 Å². The Labute approximate surface area is 331 Å². The lowest BCUT2D eigenvalue weighted by atomic mass is 9.89. The number of nitriles is 1. The van der Waals surface area contributed by atoms with Crippen LogP contribution in [0.15, 0.2) is 65.6 Å². The van der Waals surface area contributed by atoms with Crippen LogP contribution in [0.1, 0.15) is 61.6 Å². The summed E-state index contributed by atoms with van der Waals surface area (Å²) >= 11 is 6.46. The lowest BCUT2D eigenvalue weighted by molar-refractivity contribution is -0.135. The lowest BCUT2D eigenvalue weighted by Crippen LogP contribution is -2.49. The molecule has 4 fully saturated rings. The Bertz CT molecular complexity index is 2390. The Morgan fingerprint density at radius 2 is 1.52 bits per heavy atom. The highest BCUT2D eigenvalue weighted by atomic mass is 35.5. The number of nitrogens with zero attached hydrogens (tertiary/aromatic N) is 7. The average molecular weight is 774 g/mol. The fraction of sp³-hybridized carbons (Fsp3) is 0.442. The number of imidazole rings is 1. The molecule has 0 bridgehead atoms. The first-order valence-electron chi connectivity index (χ1n) is 20.1. The number of carbonyl (C=O) groups excluding carboxylic acids is 2. The molecule has 2 amide bonds. The quantitative estimate of drug-likeness (QED) is 0.201. The van der Waals surface area contributed by atoms with Crippen LogP contribution in [0.3, 0.4) is 0 Å². The fourth-order valence-corrected chi connectivity index (χ4v) is 10.0. The molecule has 3 aromatic carbocycles. The monoisotopic (exact) mass is 773 g/mol. The number of benzene rings is 3. The number of para-hydroxylation sites is 1. The van der Waals surface area contributed by atoms with Crippen molar-refractivity contribution in [3.8, 4) is 6.07 Å². The number of aryl methyl sites for hydroxylation is 1. The van der Waals surface area contributed by atoms with Gasteiger partial charge in [0.25, 0.3) is 0 Å². The van der Waals surface area contributed by atoms with E-state index in [0.29, 0.717) is 28.8 Å². The van der Waals surface area contributed by atoms with Gasteiger partial charge in [0.1, 0.15) is 12.1 Å². The van der Waals surface area contributed by atoms with Crippen LogP contribution >= 0.6 is 11.6 Å². The number of amides is 2. The molecular weight excluding hydrogens is 726 g/mol. The fourth-order valence-electron chi connectivity index (χ4n) is 9.77. The normalized spacial score (nSPS) is 20.6. The van der Waals surface area contributed by atoms with Gasteiger partial charge >= 0.3 is 5.69 Å². The molecule has 6 heterocycles. The van der Waals surface area contributed by atoms with Gasteiger partial charge in [-0.3, -0.25) is 28.9 Å². The molecule has 13 heteroatoms. The minimum Gasteiger partial charge on any atom is -0.372 e. The second kappa shape index (κ2) is 15.0. The van der Waals surface area contributed by atoms with Crippen LogP contribution in [-0.2, 0) is 16.6 Å². The van der Waals surface area contributed by atoms with E-state index in [4.69, 9.17) is 11.6 Å². The predicted octanol–water partition coefficient (Wildman–Crippen LogP) is 5.75. The molecule has 0 radical (unpaired) electrons. The van der Waals surface area contributed by atoms with Gasteiger partial charge in [-0.2, -0.15) is 5.26 Å². The Balaban J connectivity index is 0.761. The Hall–Kier alpha value is -5.25. The molecule has 0 spiro atoms. The number of piperazine rings is 1. The third-order valence-electron chi connectivity index (χ3n) is 12.9. The number of halogens is 1. The van der Waals surface area contributed by atoms with Crippen LogP contribution in [0, 0.1) is 17.2 Å². The number of H-pyrrole nitrogens is 1. The molecule has 1 unspecified atom stereocenters. The summed E-state index contributed by atoms with van der Waals surface area (Å²) in [6, 6.07) is 20.8. The summed E-state index contributed by atoms with van der Waals surface area (Å²) in [6.07, 6.45) is 6.85. The van der Waals surface area contributed by atoms with Gasteiger partial charge in [-0.1, -0.05) is 29.8 Å². The molecular formula is C43H48ClN9O3. The van der Waals surface area contributed by atoms with Crippen LogP contribution in [0.5, 0.6) is 0 Å². The largest absolute Gasteiger partial charge is 0.372 e. The second-order valence-corrected chi connectivity index (χ2v) is 16.4. The summed E-state index contributed by atoms with van der Waals surface area (Å²) in [5.41, 5.74) is 7.75. The first-order valence-corrected chi connectivity index (χ1v) is 20.5. The van der Waals surface area contributed by atoms with Crippen molar-refractivity contribution in [3.05, 3.63) is 87.4 Å². The third-order valence-corrected chi connectivity index (χ3v) is 13.2. The van der Waals surface area contributed by atoms with Crippen LogP contribution in [0.4, 0.5) is 17.1 Å². The zero-order valence-corrected chi connectivity index (χ0v) is 32.6. The van der Waals surface area contributed by atoms with Crippen molar-refractivity contribution < 1.29 is 9.59 Å². The molecule has 290 valence electrons. The van der Waals surface area contributed by atoms with Crippen molar-refractivity contribution in [1.82, 2.24) is 24.3 Å². The van der Waals surface area contributed by atoms with Crippen LogP contribution < -0.4 is 25.7 Å². The van der Waals surface area contributed by atoms with Crippen molar-refractivity contribution in [2.45, 2.75) is 50.5 Å². The highest BCUT2D eigenvalue weighted by Gasteiger charge is 2.33. The minimum absolute atomic E-state index is 0.229. The number of piperidine rings is 3. The predicted molar refractivity (Wildman–Crippen MR) is 221 cm³/mol. The third kappa shape index (κ3) is 6.60. The van der Waals surface area contributed by atoms with Gasteiger partial charge in [0.2, 0.25) is 11.8 Å². The summed E-state index contributed by atoms with van der Waals surface area (Å²) < 4.78 is 3.23. The van der Waals surface area contributed by atoms with Crippen molar-refractivity contribution in [1.29, 1.82) is 5.26 Å². The van der Waals surface area contributed by atoms with E-state index < -0.39 is 11.9 Å². The molecule has 1 atom stereocenters. The van der Waals surface area contributed by atoms with E-state index in [1.807, 2.05) is 18.2 Å². The minimum atomic E-state index is -0.684. The SMILES string of the molecule is Cn1c(=O)n(C2CCC(=O)NC2=O)c2cccc(N3CCN(CC4CCN(c5ccc(C6CCN(c7ccc(Cl)c8c(C#N)c[nH]c78)CC6)cc5)CC4)CC3)c21. The van der Waals surface area contributed by atoms with E-state index in [2.05, 4.69) is 72.4 Å². The van der Waals surface area contributed by atoms with Crippen molar-refractivity contribution in [2.75, 3.05) is 73.6 Å². The van der Waals surface area contributed by atoms with E-state index >= 15 is 0 Å². The second-order valence-electron chi connectivity index (χ2n) is 16.0. The van der Waals surface area contributed by atoms with E-state index in [1.54, 1.807) is 22.4 Å². The molecule has 12 nitrogen and oxygen atoms in total. The van der Waals surface area contributed by atoms with Crippen molar-refractivity contribution in [2.24, 2.45) is 13.0 Å². The number of aromatic nitrogens is 3. The summed E-state index contributed by atoms with van der Waals surface area (Å²) in [6.45, 7) is 8.88. The summed E-state index contributed by atoms with van der Waals surface area (Å²) in [5.74, 6) is 0.514. The maximum absolute atomic E-state index is 13.4. The first kappa shape index (κ1) is 36.4. The summed E-state index contributed by atoms with van der Waals surface area (Å²) in [4.78, 5) is 51.1. The van der Waals surface area contributed by atoms with Gasteiger partial charge < -0.3 is 19.7 Å². The maximum Gasteiger partial charge on any atom is 0.329 e. The molecule has 0 aliphatic carbocycles. The molecule has 5 aromatic rings. The van der Waals surface area contributed by atoms with Crippen LogP contribution in [0.25, 0.3) is 21.9 Å². The number of hydrogen-bond donors (Lipinski definition) is 2. The number of imide groups is 1. The average Bonchev–Trinajstić information content (AvgIpc) is 3.78. The number of nitrogens with one attached hydrogen (secondary N) is 2. The Morgan fingerprint density at radius 3 is 2.23 bits per heavy atom.